The standard InChI is InChI=1S/C20H28ClN5O/c1-20(2,3)17-13-23-18(27-17)14-24-19(22-4)26-10-8-25(9-11-26)16-7-5-6-15(21)12-16/h5-7,12-13H,8-11,14H2,1-4H3,(H,22,24). The second kappa shape index (κ2) is 8.21. The number of rotatable bonds is 3. The van der Waals surface area contributed by atoms with Crippen molar-refractivity contribution in [2.75, 3.05) is 38.1 Å². The summed E-state index contributed by atoms with van der Waals surface area (Å²) in [5.41, 5.74) is 1.13. The fourth-order valence-corrected chi connectivity index (χ4v) is 3.26. The SMILES string of the molecule is CN=C(NCc1ncc(C(C)(C)C)o1)N1CCN(c2cccc(Cl)c2)CC1. The van der Waals surface area contributed by atoms with Crippen LogP contribution in [0.1, 0.15) is 32.4 Å². The highest BCUT2D eigenvalue weighted by atomic mass is 35.5. The average Bonchev–Trinajstić information content (AvgIpc) is 3.12. The van der Waals surface area contributed by atoms with Crippen molar-refractivity contribution in [3.05, 3.63) is 47.1 Å². The Morgan fingerprint density at radius 2 is 2.00 bits per heavy atom. The lowest BCUT2D eigenvalue weighted by Crippen LogP contribution is -2.52. The van der Waals surface area contributed by atoms with Crippen molar-refractivity contribution in [2.24, 2.45) is 4.99 Å². The van der Waals surface area contributed by atoms with Crippen LogP contribution in [0.4, 0.5) is 5.69 Å². The lowest BCUT2D eigenvalue weighted by atomic mass is 9.94. The predicted octanol–water partition coefficient (Wildman–Crippen LogP) is 3.52. The number of hydrogen-bond donors (Lipinski definition) is 1. The van der Waals surface area contributed by atoms with Gasteiger partial charge in [0.05, 0.1) is 12.7 Å². The van der Waals surface area contributed by atoms with Crippen LogP contribution in [0.25, 0.3) is 0 Å². The van der Waals surface area contributed by atoms with Crippen molar-refractivity contribution in [1.82, 2.24) is 15.2 Å². The molecule has 0 spiro atoms. The van der Waals surface area contributed by atoms with Crippen LogP contribution >= 0.6 is 11.6 Å². The zero-order chi connectivity index (χ0) is 19.4. The molecule has 0 radical (unpaired) electrons. The monoisotopic (exact) mass is 389 g/mol. The van der Waals surface area contributed by atoms with Gasteiger partial charge in [0.2, 0.25) is 5.89 Å². The Labute approximate surface area is 166 Å². The third-order valence-corrected chi connectivity index (χ3v) is 4.89. The van der Waals surface area contributed by atoms with Gasteiger partial charge in [-0.2, -0.15) is 0 Å². The molecule has 3 rings (SSSR count). The summed E-state index contributed by atoms with van der Waals surface area (Å²) in [5.74, 6) is 2.44. The molecule has 146 valence electrons. The minimum absolute atomic E-state index is 0.0381. The van der Waals surface area contributed by atoms with E-state index in [1.807, 2.05) is 31.4 Å². The van der Waals surface area contributed by atoms with Crippen molar-refractivity contribution in [3.63, 3.8) is 0 Å². The van der Waals surface area contributed by atoms with E-state index < -0.39 is 0 Å². The Morgan fingerprint density at radius 1 is 1.26 bits per heavy atom. The molecule has 0 atom stereocenters. The summed E-state index contributed by atoms with van der Waals surface area (Å²) >= 11 is 6.11. The molecular weight excluding hydrogens is 362 g/mol. The van der Waals surface area contributed by atoms with Crippen LogP contribution in [0.5, 0.6) is 0 Å². The fourth-order valence-electron chi connectivity index (χ4n) is 3.07. The summed E-state index contributed by atoms with van der Waals surface area (Å²) in [6.45, 7) is 10.5. The van der Waals surface area contributed by atoms with Gasteiger partial charge in [0.25, 0.3) is 0 Å². The molecule has 1 saturated heterocycles. The lowest BCUT2D eigenvalue weighted by molar-refractivity contribution is 0.359. The van der Waals surface area contributed by atoms with E-state index in [1.54, 1.807) is 0 Å². The fraction of sp³-hybridized carbons (Fsp3) is 0.500. The van der Waals surface area contributed by atoms with Crippen LogP contribution in [0.15, 0.2) is 39.9 Å². The predicted molar refractivity (Wildman–Crippen MR) is 111 cm³/mol. The maximum absolute atomic E-state index is 6.11. The highest BCUT2D eigenvalue weighted by Crippen LogP contribution is 2.23. The van der Waals surface area contributed by atoms with Gasteiger partial charge in [0, 0.05) is 49.4 Å². The van der Waals surface area contributed by atoms with E-state index >= 15 is 0 Å². The van der Waals surface area contributed by atoms with E-state index in [0.717, 1.165) is 42.9 Å². The molecule has 1 N–H and O–H groups in total. The van der Waals surface area contributed by atoms with Crippen molar-refractivity contribution in [1.29, 1.82) is 0 Å². The van der Waals surface area contributed by atoms with Gasteiger partial charge >= 0.3 is 0 Å². The molecule has 0 saturated carbocycles. The molecule has 0 amide bonds. The van der Waals surface area contributed by atoms with Crippen LogP contribution in [0, 0.1) is 0 Å². The highest BCUT2D eigenvalue weighted by Gasteiger charge is 2.22. The normalized spacial score (nSPS) is 16.0. The summed E-state index contributed by atoms with van der Waals surface area (Å²) in [7, 11) is 1.81. The zero-order valence-corrected chi connectivity index (χ0v) is 17.3. The van der Waals surface area contributed by atoms with E-state index in [2.05, 4.69) is 51.9 Å². The maximum Gasteiger partial charge on any atom is 0.213 e. The number of nitrogens with zero attached hydrogens (tertiary/aromatic N) is 4. The van der Waals surface area contributed by atoms with Crippen LogP contribution < -0.4 is 10.2 Å². The first kappa shape index (κ1) is 19.5. The Kier molecular flexibility index (Phi) is 5.95. The summed E-state index contributed by atoms with van der Waals surface area (Å²) < 4.78 is 5.85. The Morgan fingerprint density at radius 3 is 2.59 bits per heavy atom. The smallest absolute Gasteiger partial charge is 0.213 e. The second-order valence-electron chi connectivity index (χ2n) is 7.72. The van der Waals surface area contributed by atoms with Gasteiger partial charge in [-0.15, -0.1) is 0 Å². The number of guanidine groups is 1. The minimum atomic E-state index is -0.0381. The number of piperazine rings is 1. The van der Waals surface area contributed by atoms with E-state index in [-0.39, 0.29) is 5.41 Å². The van der Waals surface area contributed by atoms with Crippen LogP contribution in [-0.4, -0.2) is 49.1 Å². The Hall–Kier alpha value is -2.21. The molecule has 1 aliphatic rings. The number of aromatic nitrogens is 1. The van der Waals surface area contributed by atoms with Gasteiger partial charge in [-0.3, -0.25) is 4.99 Å². The van der Waals surface area contributed by atoms with Gasteiger partial charge in [-0.1, -0.05) is 38.4 Å². The van der Waals surface area contributed by atoms with Crippen LogP contribution in [0.3, 0.4) is 0 Å². The number of aliphatic imine (C=N–C) groups is 1. The third kappa shape index (κ3) is 4.95. The molecule has 6 nitrogen and oxygen atoms in total. The highest BCUT2D eigenvalue weighted by molar-refractivity contribution is 6.30. The largest absolute Gasteiger partial charge is 0.443 e. The number of oxazole rings is 1. The Balaban J connectivity index is 1.54. The summed E-state index contributed by atoms with van der Waals surface area (Å²) in [6.07, 6.45) is 1.81. The van der Waals surface area contributed by atoms with Gasteiger partial charge in [-0.25, -0.2) is 4.98 Å². The van der Waals surface area contributed by atoms with E-state index in [1.165, 1.54) is 5.69 Å². The topological polar surface area (TPSA) is 56.9 Å². The van der Waals surface area contributed by atoms with Crippen LogP contribution in [-0.2, 0) is 12.0 Å². The second-order valence-corrected chi connectivity index (χ2v) is 8.16. The molecule has 0 bridgehead atoms. The molecular formula is C20H28ClN5O. The number of nitrogens with one attached hydrogen (secondary N) is 1. The van der Waals surface area contributed by atoms with E-state index in [0.29, 0.717) is 12.4 Å². The van der Waals surface area contributed by atoms with Crippen molar-refractivity contribution < 1.29 is 4.42 Å². The maximum atomic E-state index is 6.11. The molecule has 0 unspecified atom stereocenters. The molecule has 2 aromatic rings. The first-order valence-electron chi connectivity index (χ1n) is 9.28. The summed E-state index contributed by atoms with van der Waals surface area (Å²) in [6, 6.07) is 8.01. The van der Waals surface area contributed by atoms with Crippen molar-refractivity contribution in [3.8, 4) is 0 Å². The molecule has 2 heterocycles. The minimum Gasteiger partial charge on any atom is -0.443 e. The van der Waals surface area contributed by atoms with Crippen molar-refractivity contribution in [2.45, 2.75) is 32.7 Å². The number of benzene rings is 1. The molecule has 7 heteroatoms. The number of halogens is 1. The molecule has 27 heavy (non-hydrogen) atoms. The third-order valence-electron chi connectivity index (χ3n) is 4.65. The van der Waals surface area contributed by atoms with Crippen LogP contribution in [0.2, 0.25) is 5.02 Å². The van der Waals surface area contributed by atoms with E-state index in [4.69, 9.17) is 16.0 Å². The molecule has 1 aliphatic heterocycles. The number of anilines is 1. The molecule has 1 fully saturated rings. The summed E-state index contributed by atoms with van der Waals surface area (Å²) in [5, 5.41) is 4.14. The average molecular weight is 390 g/mol. The lowest BCUT2D eigenvalue weighted by Gasteiger charge is -2.37. The van der Waals surface area contributed by atoms with E-state index in [9.17, 15) is 0 Å². The zero-order valence-electron chi connectivity index (χ0n) is 16.5. The quantitative estimate of drug-likeness (QED) is 0.643. The number of hydrogen-bond acceptors (Lipinski definition) is 4. The Bertz CT molecular complexity index is 788. The summed E-state index contributed by atoms with van der Waals surface area (Å²) in [4.78, 5) is 13.4. The van der Waals surface area contributed by atoms with Gasteiger partial charge in [0.1, 0.15) is 5.76 Å². The molecule has 1 aromatic heterocycles. The van der Waals surface area contributed by atoms with Gasteiger partial charge in [0.15, 0.2) is 5.96 Å². The van der Waals surface area contributed by atoms with Gasteiger partial charge in [-0.05, 0) is 18.2 Å². The first-order chi connectivity index (χ1) is 12.9. The first-order valence-corrected chi connectivity index (χ1v) is 9.66. The molecule has 1 aromatic carbocycles. The molecule has 0 aliphatic carbocycles. The van der Waals surface area contributed by atoms with Gasteiger partial charge < -0.3 is 19.5 Å². The van der Waals surface area contributed by atoms with Crippen molar-refractivity contribution >= 4 is 23.2 Å².